The fourth-order valence-corrected chi connectivity index (χ4v) is 9.38. The molecule has 13 heteroatoms. The molecule has 5 rings (SSSR count). The molecule has 0 saturated carbocycles. The molecular formula is C29H29BrClN3O5S3. The van der Waals surface area contributed by atoms with Crippen molar-refractivity contribution < 1.29 is 22.7 Å². The summed E-state index contributed by atoms with van der Waals surface area (Å²) in [5, 5.41) is 2.58. The molecular weight excluding hydrogens is 682 g/mol. The van der Waals surface area contributed by atoms with E-state index in [9.17, 15) is 18.0 Å². The standard InChI is InChI=1S/C29H29BrClN3O5S3/c1-3-39-29(36)26-19(2)21-18-20(8-9-25(21)41-26)42(37,38)34(12-11-31)24-7-5-4-6-23(24)32-13-15-33(16-14-32)28(35)27-22(30)10-17-40-27/h4-10,17-18H,3,11-16H2,1-2H3. The van der Waals surface area contributed by atoms with E-state index in [2.05, 4.69) is 20.8 Å². The number of benzene rings is 2. The Bertz CT molecular complexity index is 1730. The van der Waals surface area contributed by atoms with Crippen molar-refractivity contribution in [1.82, 2.24) is 4.90 Å². The number of nitrogens with zero attached hydrogens (tertiary/aromatic N) is 3. The van der Waals surface area contributed by atoms with Gasteiger partial charge in [0.2, 0.25) is 0 Å². The van der Waals surface area contributed by atoms with Gasteiger partial charge in [0.25, 0.3) is 15.9 Å². The zero-order chi connectivity index (χ0) is 30.0. The number of fused-ring (bicyclic) bond motifs is 1. The Morgan fingerprint density at radius 2 is 1.81 bits per heavy atom. The van der Waals surface area contributed by atoms with E-state index in [-0.39, 0.29) is 29.8 Å². The number of thiophene rings is 2. The van der Waals surface area contributed by atoms with Gasteiger partial charge in [0, 0.05) is 47.8 Å². The van der Waals surface area contributed by atoms with Gasteiger partial charge in [0.1, 0.15) is 9.75 Å². The van der Waals surface area contributed by atoms with Gasteiger partial charge in [-0.3, -0.25) is 9.10 Å². The van der Waals surface area contributed by atoms with Crippen LogP contribution in [0.3, 0.4) is 0 Å². The number of piperazine rings is 1. The Morgan fingerprint density at radius 1 is 1.07 bits per heavy atom. The van der Waals surface area contributed by atoms with Crippen LogP contribution in [0.15, 0.2) is 63.3 Å². The van der Waals surface area contributed by atoms with Crippen molar-refractivity contribution in [3.63, 3.8) is 0 Å². The van der Waals surface area contributed by atoms with Gasteiger partial charge in [-0.25, -0.2) is 13.2 Å². The number of para-hydroxylation sites is 2. The van der Waals surface area contributed by atoms with Crippen LogP contribution in [-0.2, 0) is 14.8 Å². The summed E-state index contributed by atoms with van der Waals surface area (Å²) in [6.45, 7) is 6.01. The van der Waals surface area contributed by atoms with Crippen LogP contribution in [0.2, 0.25) is 0 Å². The first-order valence-electron chi connectivity index (χ1n) is 13.3. The number of halogens is 2. The van der Waals surface area contributed by atoms with Gasteiger partial charge >= 0.3 is 5.97 Å². The normalized spacial score (nSPS) is 13.9. The number of rotatable bonds is 9. The number of anilines is 2. The van der Waals surface area contributed by atoms with Crippen molar-refractivity contribution in [2.24, 2.45) is 0 Å². The van der Waals surface area contributed by atoms with Crippen LogP contribution < -0.4 is 9.21 Å². The van der Waals surface area contributed by atoms with E-state index in [0.29, 0.717) is 52.6 Å². The van der Waals surface area contributed by atoms with Gasteiger partial charge in [0.15, 0.2) is 0 Å². The second-order valence-corrected chi connectivity index (χ2v) is 14.6. The summed E-state index contributed by atoms with van der Waals surface area (Å²) in [7, 11) is -4.02. The molecule has 1 saturated heterocycles. The molecule has 0 N–H and O–H groups in total. The molecule has 1 aliphatic heterocycles. The number of carbonyl (C=O) groups is 2. The van der Waals surface area contributed by atoms with E-state index in [1.165, 1.54) is 27.0 Å². The van der Waals surface area contributed by atoms with Crippen LogP contribution in [-0.4, -0.2) is 70.4 Å². The van der Waals surface area contributed by atoms with Gasteiger partial charge in [-0.1, -0.05) is 12.1 Å². The minimum absolute atomic E-state index is 0.0126. The predicted octanol–water partition coefficient (Wildman–Crippen LogP) is 6.61. The monoisotopic (exact) mass is 709 g/mol. The molecule has 0 bridgehead atoms. The molecule has 8 nitrogen and oxygen atoms in total. The number of carbonyl (C=O) groups excluding carboxylic acids is 2. The first-order chi connectivity index (χ1) is 20.2. The summed E-state index contributed by atoms with van der Waals surface area (Å²) in [5.41, 5.74) is 1.97. The van der Waals surface area contributed by atoms with Gasteiger partial charge < -0.3 is 14.5 Å². The molecule has 222 valence electrons. The number of esters is 1. The Hall–Kier alpha value is -2.64. The molecule has 2 aromatic heterocycles. The first-order valence-corrected chi connectivity index (χ1v) is 17.8. The van der Waals surface area contributed by atoms with Crippen molar-refractivity contribution >= 4 is 93.6 Å². The summed E-state index contributed by atoms with van der Waals surface area (Å²) in [5.74, 6) is -0.331. The minimum atomic E-state index is -4.02. The lowest BCUT2D eigenvalue weighted by Gasteiger charge is -2.38. The number of amides is 1. The van der Waals surface area contributed by atoms with Crippen molar-refractivity contribution in [1.29, 1.82) is 0 Å². The lowest BCUT2D eigenvalue weighted by atomic mass is 10.1. The van der Waals surface area contributed by atoms with Crippen molar-refractivity contribution in [3.8, 4) is 0 Å². The first kappa shape index (κ1) is 30.8. The molecule has 0 atom stereocenters. The molecule has 42 heavy (non-hydrogen) atoms. The molecule has 1 fully saturated rings. The second kappa shape index (κ2) is 12.9. The third kappa shape index (κ3) is 5.92. The van der Waals surface area contributed by atoms with E-state index < -0.39 is 16.0 Å². The topological polar surface area (TPSA) is 87.2 Å². The van der Waals surface area contributed by atoms with E-state index in [4.69, 9.17) is 16.3 Å². The van der Waals surface area contributed by atoms with Gasteiger partial charge in [-0.15, -0.1) is 34.3 Å². The molecule has 3 heterocycles. The molecule has 0 spiro atoms. The molecule has 0 unspecified atom stereocenters. The number of hydrogen-bond acceptors (Lipinski definition) is 8. The number of sulfonamides is 1. The van der Waals surface area contributed by atoms with Gasteiger partial charge in [-0.05, 0) is 82.5 Å². The van der Waals surface area contributed by atoms with E-state index in [1.807, 2.05) is 34.5 Å². The highest BCUT2D eigenvalue weighted by Gasteiger charge is 2.31. The second-order valence-electron chi connectivity index (χ2n) is 9.57. The average Bonchev–Trinajstić information content (AvgIpc) is 3.58. The summed E-state index contributed by atoms with van der Waals surface area (Å²) in [4.78, 5) is 30.6. The zero-order valence-electron chi connectivity index (χ0n) is 23.0. The van der Waals surface area contributed by atoms with Gasteiger partial charge in [0.05, 0.1) is 22.9 Å². The van der Waals surface area contributed by atoms with Crippen LogP contribution >= 0.6 is 50.2 Å². The lowest BCUT2D eigenvalue weighted by Crippen LogP contribution is -2.49. The maximum atomic E-state index is 14.2. The Labute approximate surface area is 266 Å². The van der Waals surface area contributed by atoms with Crippen LogP contribution in [0.5, 0.6) is 0 Å². The molecule has 1 amide bonds. The number of aryl methyl sites for hydroxylation is 1. The van der Waals surface area contributed by atoms with Crippen LogP contribution in [0.1, 0.15) is 31.8 Å². The predicted molar refractivity (Wildman–Crippen MR) is 174 cm³/mol. The number of ether oxygens (including phenoxy) is 1. The lowest BCUT2D eigenvalue weighted by molar-refractivity contribution is 0.0531. The fraction of sp³-hybridized carbons (Fsp3) is 0.310. The maximum Gasteiger partial charge on any atom is 0.348 e. The third-order valence-corrected chi connectivity index (χ3v) is 12.2. The molecule has 1 aliphatic rings. The van der Waals surface area contributed by atoms with Crippen LogP contribution in [0.4, 0.5) is 11.4 Å². The summed E-state index contributed by atoms with van der Waals surface area (Å²) in [6, 6.07) is 14.2. The Balaban J connectivity index is 1.44. The summed E-state index contributed by atoms with van der Waals surface area (Å²) < 4.78 is 36.5. The number of hydrogen-bond donors (Lipinski definition) is 0. The van der Waals surface area contributed by atoms with Crippen molar-refractivity contribution in [2.75, 3.05) is 54.4 Å². The molecule has 0 radical (unpaired) electrons. The highest BCUT2D eigenvalue weighted by atomic mass is 79.9. The SMILES string of the molecule is CCOC(=O)c1sc2ccc(S(=O)(=O)N(CCCl)c3ccccc3N3CCN(C(=O)c4sccc4Br)CC3)cc2c1C. The van der Waals surface area contributed by atoms with Crippen LogP contribution in [0, 0.1) is 6.92 Å². The highest BCUT2D eigenvalue weighted by Crippen LogP contribution is 2.37. The average molecular weight is 711 g/mol. The third-order valence-electron chi connectivity index (χ3n) is 7.11. The van der Waals surface area contributed by atoms with Gasteiger partial charge in [-0.2, -0.15) is 0 Å². The van der Waals surface area contributed by atoms with Crippen LogP contribution in [0.25, 0.3) is 10.1 Å². The summed E-state index contributed by atoms with van der Waals surface area (Å²) in [6.07, 6.45) is 0. The Kier molecular flexibility index (Phi) is 9.48. The molecule has 2 aromatic carbocycles. The van der Waals surface area contributed by atoms with Crippen molar-refractivity contribution in [2.45, 2.75) is 18.7 Å². The van der Waals surface area contributed by atoms with Crippen molar-refractivity contribution in [3.05, 3.63) is 73.7 Å². The minimum Gasteiger partial charge on any atom is -0.462 e. The number of alkyl halides is 1. The summed E-state index contributed by atoms with van der Waals surface area (Å²) >= 11 is 12.3. The molecule has 0 aliphatic carbocycles. The van der Waals surface area contributed by atoms with E-state index in [1.54, 1.807) is 38.1 Å². The maximum absolute atomic E-state index is 14.2. The zero-order valence-corrected chi connectivity index (χ0v) is 27.8. The molecule has 4 aromatic rings. The fourth-order valence-electron chi connectivity index (χ4n) is 5.01. The van der Waals surface area contributed by atoms with E-state index >= 15 is 0 Å². The quantitative estimate of drug-likeness (QED) is 0.144. The Morgan fingerprint density at radius 3 is 2.48 bits per heavy atom. The van der Waals surface area contributed by atoms with E-state index in [0.717, 1.165) is 14.9 Å². The largest absolute Gasteiger partial charge is 0.462 e. The smallest absolute Gasteiger partial charge is 0.348 e. The highest BCUT2D eigenvalue weighted by molar-refractivity contribution is 9.10.